The number of hydrogen-bond acceptors (Lipinski definition) is 8. The van der Waals surface area contributed by atoms with Crippen LogP contribution in [0.4, 0.5) is 0 Å². The van der Waals surface area contributed by atoms with E-state index < -0.39 is 21.0 Å². The number of nitrogens with one attached hydrogen (secondary N) is 1. The van der Waals surface area contributed by atoms with Crippen molar-refractivity contribution in [3.63, 3.8) is 0 Å². The molecule has 0 aliphatic carbocycles. The Labute approximate surface area is 125 Å². The molecule has 0 heterocycles. The molecule has 0 unspecified atom stereocenters. The van der Waals surface area contributed by atoms with Gasteiger partial charge in [0.25, 0.3) is 0 Å². The third kappa shape index (κ3) is 6.58. The highest BCUT2D eigenvalue weighted by molar-refractivity contribution is 7.99. The summed E-state index contributed by atoms with van der Waals surface area (Å²) < 4.78 is 47.4. The Hall–Kier alpha value is 0.610. The van der Waals surface area contributed by atoms with Crippen LogP contribution < -0.4 is 4.72 Å². The van der Waals surface area contributed by atoms with Gasteiger partial charge in [0.05, 0.1) is 6.16 Å². The normalized spacial score (nSPS) is 15.3. The van der Waals surface area contributed by atoms with Crippen molar-refractivity contribution in [1.29, 1.82) is 0 Å². The van der Waals surface area contributed by atoms with Crippen LogP contribution in [0.1, 0.15) is 20.8 Å². The van der Waals surface area contributed by atoms with E-state index in [9.17, 15) is 9.13 Å². The van der Waals surface area contributed by atoms with Gasteiger partial charge in [-0.1, -0.05) is 11.9 Å². The molecule has 0 spiro atoms. The Kier molecular flexibility index (Phi) is 8.55. The SMILES string of the molecule is COP(=O)(C[C@H](NSC(C)(C)C)P(=O)(OC)OC)OC. The van der Waals surface area contributed by atoms with E-state index in [4.69, 9.17) is 18.1 Å². The van der Waals surface area contributed by atoms with E-state index in [-0.39, 0.29) is 10.9 Å². The maximum atomic E-state index is 12.5. The minimum atomic E-state index is -3.46. The Morgan fingerprint density at radius 2 is 1.45 bits per heavy atom. The molecule has 10 heteroatoms. The fourth-order valence-electron chi connectivity index (χ4n) is 1.21. The van der Waals surface area contributed by atoms with Gasteiger partial charge in [-0.25, -0.2) is 4.72 Å². The van der Waals surface area contributed by atoms with Crippen molar-refractivity contribution in [2.75, 3.05) is 34.6 Å². The maximum Gasteiger partial charge on any atom is 0.348 e. The molecule has 0 aliphatic heterocycles. The molecule has 0 bridgehead atoms. The van der Waals surface area contributed by atoms with Crippen LogP contribution in [0.5, 0.6) is 0 Å². The first-order valence-electron chi connectivity index (χ1n) is 5.91. The van der Waals surface area contributed by atoms with E-state index in [0.717, 1.165) is 0 Å². The molecule has 7 nitrogen and oxygen atoms in total. The lowest BCUT2D eigenvalue weighted by Gasteiger charge is -2.29. The van der Waals surface area contributed by atoms with Crippen molar-refractivity contribution in [2.45, 2.75) is 31.3 Å². The second kappa shape index (κ2) is 8.30. The summed E-state index contributed by atoms with van der Waals surface area (Å²) in [6.45, 7) is 5.95. The predicted molar refractivity (Wildman–Crippen MR) is 82.4 cm³/mol. The van der Waals surface area contributed by atoms with E-state index in [0.29, 0.717) is 0 Å². The molecule has 0 saturated heterocycles. The lowest BCUT2D eigenvalue weighted by atomic mass is 10.3. The fraction of sp³-hybridized carbons (Fsp3) is 1.00. The Morgan fingerprint density at radius 1 is 1.00 bits per heavy atom. The highest BCUT2D eigenvalue weighted by Gasteiger charge is 2.41. The molecule has 1 N–H and O–H groups in total. The summed E-state index contributed by atoms with van der Waals surface area (Å²) in [5.74, 6) is -0.813. The molecule has 0 fully saturated rings. The van der Waals surface area contributed by atoms with Gasteiger partial charge in [0.1, 0.15) is 5.78 Å². The molecule has 0 aromatic rings. The number of hydrogen-bond donors (Lipinski definition) is 1. The average Bonchev–Trinajstić information content (AvgIpc) is 2.41. The summed E-state index contributed by atoms with van der Waals surface area (Å²) in [5, 5.41) is 0. The fourth-order valence-corrected chi connectivity index (χ4v) is 5.60. The topological polar surface area (TPSA) is 83.1 Å². The first-order valence-corrected chi connectivity index (χ1v) is 10.1. The van der Waals surface area contributed by atoms with Crippen molar-refractivity contribution in [2.24, 2.45) is 0 Å². The maximum absolute atomic E-state index is 12.5. The molecular weight excluding hydrogens is 324 g/mol. The first-order chi connectivity index (χ1) is 9.05. The Morgan fingerprint density at radius 3 is 1.75 bits per heavy atom. The summed E-state index contributed by atoms with van der Waals surface area (Å²) in [6, 6.07) is 0. The second-order valence-electron chi connectivity index (χ2n) is 4.91. The molecule has 0 rings (SSSR count). The average molecular weight is 349 g/mol. The molecule has 0 aromatic heterocycles. The zero-order chi connectivity index (χ0) is 16.0. The minimum Gasteiger partial charge on any atom is -0.312 e. The van der Waals surface area contributed by atoms with Gasteiger partial charge in [0.2, 0.25) is 0 Å². The molecule has 1 atom stereocenters. The summed E-state index contributed by atoms with van der Waals surface area (Å²) in [7, 11) is -1.69. The molecule has 0 radical (unpaired) electrons. The van der Waals surface area contributed by atoms with Crippen molar-refractivity contribution < 1.29 is 27.2 Å². The molecular formula is C10H25NO6P2S. The van der Waals surface area contributed by atoms with E-state index in [1.54, 1.807) is 0 Å². The van der Waals surface area contributed by atoms with E-state index in [1.807, 2.05) is 20.8 Å². The van der Waals surface area contributed by atoms with Crippen LogP contribution in [0.2, 0.25) is 0 Å². The molecule has 20 heavy (non-hydrogen) atoms. The van der Waals surface area contributed by atoms with E-state index in [1.165, 1.54) is 40.4 Å². The van der Waals surface area contributed by atoms with Gasteiger partial charge in [-0.3, -0.25) is 9.13 Å². The molecule has 0 saturated carbocycles. The van der Waals surface area contributed by atoms with Gasteiger partial charge in [-0.15, -0.1) is 0 Å². The van der Waals surface area contributed by atoms with E-state index in [2.05, 4.69) is 4.72 Å². The summed E-state index contributed by atoms with van der Waals surface area (Å²) in [5.41, 5.74) is 0. The van der Waals surface area contributed by atoms with Crippen LogP contribution in [0.3, 0.4) is 0 Å². The third-order valence-corrected chi connectivity index (χ3v) is 7.84. The zero-order valence-corrected chi connectivity index (χ0v) is 15.6. The highest BCUT2D eigenvalue weighted by atomic mass is 32.2. The largest absolute Gasteiger partial charge is 0.348 e. The lowest BCUT2D eigenvalue weighted by molar-refractivity contribution is 0.255. The smallest absolute Gasteiger partial charge is 0.312 e. The van der Waals surface area contributed by atoms with Crippen LogP contribution in [0.15, 0.2) is 0 Å². The monoisotopic (exact) mass is 349 g/mol. The van der Waals surface area contributed by atoms with Gasteiger partial charge < -0.3 is 18.1 Å². The van der Waals surface area contributed by atoms with E-state index >= 15 is 0 Å². The van der Waals surface area contributed by atoms with Gasteiger partial charge in [0, 0.05) is 33.2 Å². The van der Waals surface area contributed by atoms with Crippen molar-refractivity contribution in [3.05, 3.63) is 0 Å². The Bertz CT molecular complexity index is 370. The zero-order valence-electron chi connectivity index (χ0n) is 13.0. The van der Waals surface area contributed by atoms with Gasteiger partial charge in [0.15, 0.2) is 0 Å². The van der Waals surface area contributed by atoms with Crippen LogP contribution in [-0.2, 0) is 27.2 Å². The standard InChI is InChI=1S/C10H25NO6P2S/c1-10(2,3)20-11-9(19(13,16-6)17-7)8-18(12,14-4)15-5/h9,11H,8H2,1-7H3/t9-/m1/s1. The van der Waals surface area contributed by atoms with Gasteiger partial charge in [-0.2, -0.15) is 0 Å². The lowest BCUT2D eigenvalue weighted by Crippen LogP contribution is -2.32. The summed E-state index contributed by atoms with van der Waals surface area (Å²) in [6.07, 6.45) is -0.123. The van der Waals surface area contributed by atoms with Crippen LogP contribution in [0, 0.1) is 0 Å². The molecule has 0 amide bonds. The van der Waals surface area contributed by atoms with Crippen molar-refractivity contribution >= 4 is 27.1 Å². The first kappa shape index (κ1) is 20.6. The quantitative estimate of drug-likeness (QED) is 0.501. The molecule has 0 aromatic carbocycles. The second-order valence-corrected chi connectivity index (χ2v) is 11.3. The summed E-state index contributed by atoms with van der Waals surface area (Å²) in [4.78, 5) is 0. The Balaban J connectivity index is 5.17. The van der Waals surface area contributed by atoms with Gasteiger partial charge >= 0.3 is 15.2 Å². The molecule has 0 aliphatic rings. The predicted octanol–water partition coefficient (Wildman–Crippen LogP) is 3.32. The van der Waals surface area contributed by atoms with Gasteiger partial charge in [-0.05, 0) is 20.8 Å². The van der Waals surface area contributed by atoms with Crippen LogP contribution in [0.25, 0.3) is 0 Å². The summed E-state index contributed by atoms with van der Waals surface area (Å²) >= 11 is 1.35. The van der Waals surface area contributed by atoms with Crippen molar-refractivity contribution in [1.82, 2.24) is 4.72 Å². The number of rotatable bonds is 9. The van der Waals surface area contributed by atoms with Crippen molar-refractivity contribution in [3.8, 4) is 0 Å². The van der Waals surface area contributed by atoms with Crippen LogP contribution in [-0.4, -0.2) is 45.1 Å². The van der Waals surface area contributed by atoms with Crippen LogP contribution >= 0.6 is 27.1 Å². The highest BCUT2D eigenvalue weighted by Crippen LogP contribution is 2.58. The molecule has 122 valence electrons. The third-order valence-electron chi connectivity index (χ3n) is 2.34. The minimum absolute atomic E-state index is 0.123.